The average Bonchev–Trinajstić information content (AvgIpc) is 2.93. The number of benzene rings is 1. The minimum atomic E-state index is -0.960. The van der Waals surface area contributed by atoms with Gasteiger partial charge in [-0.15, -0.1) is 0 Å². The molecule has 0 saturated heterocycles. The second-order valence-corrected chi connectivity index (χ2v) is 11.4. The molecule has 2 amide bonds. The van der Waals surface area contributed by atoms with Crippen molar-refractivity contribution in [2.24, 2.45) is 11.3 Å². The van der Waals surface area contributed by atoms with Crippen molar-refractivity contribution in [1.29, 1.82) is 0 Å². The van der Waals surface area contributed by atoms with Gasteiger partial charge in [-0.3, -0.25) is 4.79 Å². The van der Waals surface area contributed by atoms with Crippen LogP contribution in [0, 0.1) is 11.3 Å². The zero-order valence-corrected chi connectivity index (χ0v) is 23.0. The molecule has 9 nitrogen and oxygen atoms in total. The van der Waals surface area contributed by atoms with Gasteiger partial charge < -0.3 is 24.5 Å². The summed E-state index contributed by atoms with van der Waals surface area (Å²) in [6, 6.07) is 7.40. The topological polar surface area (TPSA) is 99.1 Å². The first kappa shape index (κ1) is 27.6. The molecule has 1 aliphatic heterocycles. The summed E-state index contributed by atoms with van der Waals surface area (Å²) in [6.07, 6.45) is 2.19. The van der Waals surface area contributed by atoms with E-state index in [0.29, 0.717) is 47.6 Å². The molecule has 36 heavy (non-hydrogen) atoms. The summed E-state index contributed by atoms with van der Waals surface area (Å²) in [4.78, 5) is 39.3. The molecule has 0 spiro atoms. The van der Waals surface area contributed by atoms with E-state index in [4.69, 9.17) is 4.74 Å². The van der Waals surface area contributed by atoms with Crippen LogP contribution in [-0.4, -0.2) is 77.6 Å². The summed E-state index contributed by atoms with van der Waals surface area (Å²) < 4.78 is 6.31. The maximum absolute atomic E-state index is 13.5. The third-order valence-corrected chi connectivity index (χ3v) is 6.48. The van der Waals surface area contributed by atoms with Crippen molar-refractivity contribution in [2.45, 2.75) is 45.9 Å². The van der Waals surface area contributed by atoms with E-state index in [0.717, 1.165) is 0 Å². The van der Waals surface area contributed by atoms with E-state index in [1.54, 1.807) is 11.1 Å². The van der Waals surface area contributed by atoms with Crippen LogP contribution in [0.25, 0.3) is 0 Å². The molecule has 0 aliphatic carbocycles. The minimum absolute atomic E-state index is 0.0820. The number of carbonyl (C=O) groups excluding carboxylic acids is 1. The van der Waals surface area contributed by atoms with Crippen molar-refractivity contribution >= 4 is 35.3 Å². The number of fused-ring (bicyclic) bond motifs is 1. The van der Waals surface area contributed by atoms with E-state index in [-0.39, 0.29) is 29.9 Å². The van der Waals surface area contributed by atoms with Gasteiger partial charge in [-0.25, -0.2) is 14.8 Å². The van der Waals surface area contributed by atoms with Gasteiger partial charge in [0.25, 0.3) is 5.91 Å². The first-order valence-electron chi connectivity index (χ1n) is 12.1. The third kappa shape index (κ3) is 6.81. The standard InChI is InChI=1S/C26H37N5O4S/c1-17(2)21(15-30(25(33)34)16-26(3,4)5)35-19-10-8-9-18(13-19)31-12-11-29(6)22-20(23(31)32)14-27-24(28-22)36-7/h8-10,13-14,17,21H,11-12,15-16H2,1-7H3,(H,33,34). The van der Waals surface area contributed by atoms with Gasteiger partial charge in [0, 0.05) is 44.6 Å². The van der Waals surface area contributed by atoms with Crippen molar-refractivity contribution in [1.82, 2.24) is 14.9 Å². The van der Waals surface area contributed by atoms with Gasteiger partial charge in [-0.05, 0) is 29.7 Å². The quantitative estimate of drug-likeness (QED) is 0.398. The van der Waals surface area contributed by atoms with Crippen molar-refractivity contribution in [3.05, 3.63) is 36.0 Å². The number of thioether (sulfide) groups is 1. The van der Waals surface area contributed by atoms with Crippen molar-refractivity contribution in [2.75, 3.05) is 49.3 Å². The normalized spacial score (nSPS) is 14.9. The van der Waals surface area contributed by atoms with E-state index < -0.39 is 6.09 Å². The van der Waals surface area contributed by atoms with Gasteiger partial charge >= 0.3 is 6.09 Å². The van der Waals surface area contributed by atoms with Crippen LogP contribution in [-0.2, 0) is 0 Å². The number of hydrogen-bond donors (Lipinski definition) is 1. The first-order valence-corrected chi connectivity index (χ1v) is 13.3. The Morgan fingerprint density at radius 1 is 1.28 bits per heavy atom. The van der Waals surface area contributed by atoms with Gasteiger partial charge in [0.2, 0.25) is 0 Å². The molecular formula is C26H37N5O4S. The zero-order valence-electron chi connectivity index (χ0n) is 22.2. The van der Waals surface area contributed by atoms with Gasteiger partial charge in [0.05, 0.1) is 6.54 Å². The van der Waals surface area contributed by atoms with Gasteiger partial charge in [-0.2, -0.15) is 0 Å². The van der Waals surface area contributed by atoms with Crippen LogP contribution in [0.4, 0.5) is 16.3 Å². The molecule has 1 N–H and O–H groups in total. The molecule has 1 aromatic carbocycles. The number of ether oxygens (including phenoxy) is 1. The molecule has 1 unspecified atom stereocenters. The predicted octanol–water partition coefficient (Wildman–Crippen LogP) is 4.72. The Morgan fingerprint density at radius 3 is 2.61 bits per heavy atom. The molecule has 2 aromatic rings. The second-order valence-electron chi connectivity index (χ2n) is 10.6. The number of likely N-dealkylation sites (N-methyl/N-ethyl adjacent to an activating group) is 1. The predicted molar refractivity (Wildman–Crippen MR) is 144 cm³/mol. The van der Waals surface area contributed by atoms with Crippen LogP contribution in [0.3, 0.4) is 0 Å². The fourth-order valence-corrected chi connectivity index (χ4v) is 4.37. The highest BCUT2D eigenvalue weighted by molar-refractivity contribution is 7.98. The van der Waals surface area contributed by atoms with E-state index in [2.05, 4.69) is 9.97 Å². The maximum Gasteiger partial charge on any atom is 0.407 e. The number of anilines is 2. The van der Waals surface area contributed by atoms with E-state index in [1.165, 1.54) is 16.7 Å². The zero-order chi connectivity index (χ0) is 26.6. The summed E-state index contributed by atoms with van der Waals surface area (Å²) in [5.41, 5.74) is 0.995. The number of carbonyl (C=O) groups is 2. The summed E-state index contributed by atoms with van der Waals surface area (Å²) in [7, 11) is 1.92. The fourth-order valence-electron chi connectivity index (χ4n) is 4.03. The lowest BCUT2D eigenvalue weighted by Crippen LogP contribution is -2.44. The molecule has 3 rings (SSSR count). The number of aromatic nitrogens is 2. The van der Waals surface area contributed by atoms with Crippen molar-refractivity contribution < 1.29 is 19.4 Å². The summed E-state index contributed by atoms with van der Waals surface area (Å²) in [5.74, 6) is 1.13. The van der Waals surface area contributed by atoms with Gasteiger partial charge in [0.1, 0.15) is 23.2 Å². The molecule has 0 saturated carbocycles. The highest BCUT2D eigenvalue weighted by atomic mass is 32.2. The number of carboxylic acid groups (broad SMARTS) is 1. The Balaban J connectivity index is 1.84. The van der Waals surface area contributed by atoms with E-state index in [1.807, 2.05) is 77.1 Å². The first-order chi connectivity index (χ1) is 16.9. The Labute approximate surface area is 217 Å². The molecule has 1 aliphatic rings. The van der Waals surface area contributed by atoms with Crippen LogP contribution >= 0.6 is 11.8 Å². The number of nitrogens with zero attached hydrogens (tertiary/aromatic N) is 5. The molecule has 196 valence electrons. The number of rotatable bonds is 8. The SMILES string of the molecule is CSc1ncc2c(n1)N(C)CCN(c1cccc(OC(CN(CC(C)(C)C)C(=O)O)C(C)C)c1)C2=O. The average molecular weight is 516 g/mol. The van der Waals surface area contributed by atoms with E-state index in [9.17, 15) is 14.7 Å². The van der Waals surface area contributed by atoms with Crippen LogP contribution in [0.15, 0.2) is 35.6 Å². The molecule has 0 fully saturated rings. The lowest BCUT2D eigenvalue weighted by molar-refractivity contribution is 0.0726. The second kappa shape index (κ2) is 11.4. The molecule has 0 radical (unpaired) electrons. The smallest absolute Gasteiger partial charge is 0.407 e. The van der Waals surface area contributed by atoms with Crippen LogP contribution in [0.1, 0.15) is 45.0 Å². The molecule has 2 heterocycles. The molecule has 10 heteroatoms. The Hall–Kier alpha value is -3.01. The highest BCUT2D eigenvalue weighted by Gasteiger charge is 2.29. The van der Waals surface area contributed by atoms with Gasteiger partial charge in [-0.1, -0.05) is 52.4 Å². The summed E-state index contributed by atoms with van der Waals surface area (Å²) >= 11 is 1.44. The fraction of sp³-hybridized carbons (Fsp3) is 0.538. The monoisotopic (exact) mass is 515 g/mol. The number of hydrogen-bond acceptors (Lipinski definition) is 7. The molecule has 1 aromatic heterocycles. The van der Waals surface area contributed by atoms with Crippen LogP contribution in [0.5, 0.6) is 5.75 Å². The van der Waals surface area contributed by atoms with Crippen LogP contribution < -0.4 is 14.5 Å². The lowest BCUT2D eigenvalue weighted by Gasteiger charge is -2.32. The maximum atomic E-state index is 13.5. The third-order valence-electron chi connectivity index (χ3n) is 5.92. The molecule has 1 atom stereocenters. The number of amides is 2. The van der Waals surface area contributed by atoms with Gasteiger partial charge in [0.15, 0.2) is 5.16 Å². The van der Waals surface area contributed by atoms with Crippen molar-refractivity contribution in [3.63, 3.8) is 0 Å². The largest absolute Gasteiger partial charge is 0.488 e. The highest BCUT2D eigenvalue weighted by Crippen LogP contribution is 2.29. The Bertz CT molecular complexity index is 1090. The summed E-state index contributed by atoms with van der Waals surface area (Å²) in [6.45, 7) is 11.8. The lowest BCUT2D eigenvalue weighted by atomic mass is 9.95. The Kier molecular flexibility index (Phi) is 8.71. The Morgan fingerprint density at radius 2 is 2.00 bits per heavy atom. The summed E-state index contributed by atoms with van der Waals surface area (Å²) in [5, 5.41) is 10.4. The van der Waals surface area contributed by atoms with Crippen LogP contribution in [0.2, 0.25) is 0 Å². The minimum Gasteiger partial charge on any atom is -0.488 e. The van der Waals surface area contributed by atoms with E-state index >= 15 is 0 Å². The van der Waals surface area contributed by atoms with Crippen molar-refractivity contribution in [3.8, 4) is 5.75 Å². The molecular weight excluding hydrogens is 478 g/mol. The molecule has 0 bridgehead atoms.